The molecule has 15 heavy (non-hydrogen) atoms. The molecule has 0 fully saturated rings. The van der Waals surface area contributed by atoms with Crippen LogP contribution in [0.2, 0.25) is 0 Å². The third-order valence-corrected chi connectivity index (χ3v) is 2.05. The van der Waals surface area contributed by atoms with Gasteiger partial charge in [-0.2, -0.15) is 0 Å². The molecule has 0 aliphatic carbocycles. The minimum absolute atomic E-state index is 0.0150. The zero-order valence-electron chi connectivity index (χ0n) is 8.62. The maximum absolute atomic E-state index is 13.4. The number of aliphatic hydroxyl groups excluding tert-OH is 1. The Labute approximate surface area is 87.3 Å². The molecule has 0 radical (unpaired) electrons. The van der Waals surface area contributed by atoms with Gasteiger partial charge in [-0.3, -0.25) is 0 Å². The Morgan fingerprint density at radius 2 is 2.20 bits per heavy atom. The molecule has 5 heteroatoms. The second-order valence-electron chi connectivity index (χ2n) is 3.12. The summed E-state index contributed by atoms with van der Waals surface area (Å²) in [5.74, 6) is -1.04. The number of ether oxygens (including phenoxy) is 1. The molecule has 0 saturated carbocycles. The number of hydrogen-bond donors (Lipinski definition) is 3. The van der Waals surface area contributed by atoms with E-state index in [9.17, 15) is 14.6 Å². The Bertz CT molecular complexity index is 344. The fourth-order valence-corrected chi connectivity index (χ4v) is 1.27. The molecule has 0 saturated heterocycles. The van der Waals surface area contributed by atoms with E-state index in [4.69, 9.17) is 4.74 Å². The highest BCUT2D eigenvalue weighted by Crippen LogP contribution is 2.29. The van der Waals surface area contributed by atoms with Gasteiger partial charge in [-0.1, -0.05) is 0 Å². The van der Waals surface area contributed by atoms with Crippen molar-refractivity contribution in [3.63, 3.8) is 0 Å². The van der Waals surface area contributed by atoms with Crippen molar-refractivity contribution in [2.45, 2.75) is 6.10 Å². The van der Waals surface area contributed by atoms with Crippen molar-refractivity contribution in [1.29, 1.82) is 0 Å². The number of hydrogen-bond acceptors (Lipinski definition) is 4. The number of aromatic hydroxyl groups is 1. The topological polar surface area (TPSA) is 61.7 Å². The van der Waals surface area contributed by atoms with Crippen molar-refractivity contribution >= 4 is 0 Å². The van der Waals surface area contributed by atoms with Crippen LogP contribution in [-0.4, -0.2) is 30.9 Å². The molecule has 1 aromatic rings. The fourth-order valence-electron chi connectivity index (χ4n) is 1.27. The second kappa shape index (κ2) is 4.95. The van der Waals surface area contributed by atoms with Crippen molar-refractivity contribution < 1.29 is 19.3 Å². The highest BCUT2D eigenvalue weighted by molar-refractivity contribution is 5.40. The van der Waals surface area contributed by atoms with Crippen molar-refractivity contribution in [2.24, 2.45) is 0 Å². The summed E-state index contributed by atoms with van der Waals surface area (Å²) in [4.78, 5) is 0. The summed E-state index contributed by atoms with van der Waals surface area (Å²) in [7, 11) is 3.04. The third-order valence-electron chi connectivity index (χ3n) is 2.05. The Hall–Kier alpha value is -1.33. The van der Waals surface area contributed by atoms with E-state index in [0.29, 0.717) is 5.75 Å². The Morgan fingerprint density at radius 1 is 1.53 bits per heavy atom. The first-order valence-corrected chi connectivity index (χ1v) is 4.49. The van der Waals surface area contributed by atoms with Gasteiger partial charge in [-0.15, -0.1) is 0 Å². The average molecular weight is 215 g/mol. The first kappa shape index (κ1) is 11.7. The lowest BCUT2D eigenvalue weighted by Crippen LogP contribution is -2.17. The number of nitrogens with one attached hydrogen (secondary N) is 1. The standard InChI is InChI=1S/C10H14FNO3/c1-12-5-9(14)7-3-6(15-2)4-8(13)10(7)11/h3-4,9,12-14H,5H2,1-2H3. The summed E-state index contributed by atoms with van der Waals surface area (Å²) in [6, 6.07) is 2.52. The number of halogens is 1. The van der Waals surface area contributed by atoms with Gasteiger partial charge in [-0.05, 0) is 13.1 Å². The van der Waals surface area contributed by atoms with E-state index in [-0.39, 0.29) is 12.1 Å². The quantitative estimate of drug-likeness (QED) is 0.695. The molecule has 1 rings (SSSR count). The molecule has 1 aromatic carbocycles. The first-order valence-electron chi connectivity index (χ1n) is 4.49. The van der Waals surface area contributed by atoms with Crippen LogP contribution >= 0.6 is 0 Å². The van der Waals surface area contributed by atoms with Crippen LogP contribution in [0.3, 0.4) is 0 Å². The maximum Gasteiger partial charge on any atom is 0.170 e. The molecule has 0 aliphatic heterocycles. The highest BCUT2D eigenvalue weighted by atomic mass is 19.1. The lowest BCUT2D eigenvalue weighted by atomic mass is 10.1. The van der Waals surface area contributed by atoms with Crippen LogP contribution in [0.1, 0.15) is 11.7 Å². The minimum Gasteiger partial charge on any atom is -0.505 e. The number of methoxy groups -OCH3 is 1. The summed E-state index contributed by atoms with van der Waals surface area (Å²) in [5, 5.41) is 21.5. The predicted octanol–water partition coefficient (Wildman–Crippen LogP) is 0.793. The third kappa shape index (κ3) is 2.57. The second-order valence-corrected chi connectivity index (χ2v) is 3.12. The molecule has 0 bridgehead atoms. The minimum atomic E-state index is -1.02. The van der Waals surface area contributed by atoms with E-state index in [1.54, 1.807) is 7.05 Å². The van der Waals surface area contributed by atoms with Gasteiger partial charge in [0.2, 0.25) is 0 Å². The SMILES string of the molecule is CNCC(O)c1cc(OC)cc(O)c1F. The van der Waals surface area contributed by atoms with Gasteiger partial charge in [0.05, 0.1) is 13.2 Å². The average Bonchev–Trinajstić information content (AvgIpc) is 2.22. The molecule has 1 unspecified atom stereocenters. The van der Waals surface area contributed by atoms with Crippen LogP contribution in [0.25, 0.3) is 0 Å². The molecule has 4 nitrogen and oxygen atoms in total. The zero-order valence-corrected chi connectivity index (χ0v) is 8.62. The molecular formula is C10H14FNO3. The van der Waals surface area contributed by atoms with Crippen molar-refractivity contribution in [2.75, 3.05) is 20.7 Å². The van der Waals surface area contributed by atoms with E-state index in [0.717, 1.165) is 6.07 Å². The number of likely N-dealkylation sites (N-methyl/N-ethyl adjacent to an activating group) is 1. The first-order chi connectivity index (χ1) is 7.10. The molecular weight excluding hydrogens is 201 g/mol. The van der Waals surface area contributed by atoms with Crippen LogP contribution in [0.5, 0.6) is 11.5 Å². The summed E-state index contributed by atoms with van der Waals surface area (Å²) in [6.07, 6.45) is -1.02. The van der Waals surface area contributed by atoms with Crippen LogP contribution in [-0.2, 0) is 0 Å². The van der Waals surface area contributed by atoms with Gasteiger partial charge >= 0.3 is 0 Å². The molecule has 0 aliphatic rings. The van der Waals surface area contributed by atoms with Crippen LogP contribution in [0.15, 0.2) is 12.1 Å². The molecule has 0 amide bonds. The van der Waals surface area contributed by atoms with E-state index in [1.807, 2.05) is 0 Å². The van der Waals surface area contributed by atoms with Crippen LogP contribution < -0.4 is 10.1 Å². The highest BCUT2D eigenvalue weighted by Gasteiger charge is 2.17. The summed E-state index contributed by atoms with van der Waals surface area (Å²) in [5.41, 5.74) is 0.0150. The molecule has 0 heterocycles. The summed E-state index contributed by atoms with van der Waals surface area (Å²) < 4.78 is 18.3. The largest absolute Gasteiger partial charge is 0.505 e. The number of aliphatic hydroxyl groups is 1. The van der Waals surface area contributed by atoms with E-state index < -0.39 is 17.7 Å². The van der Waals surface area contributed by atoms with Gasteiger partial charge in [0.25, 0.3) is 0 Å². The van der Waals surface area contributed by atoms with Crippen LogP contribution in [0, 0.1) is 5.82 Å². The number of phenols is 1. The fraction of sp³-hybridized carbons (Fsp3) is 0.400. The zero-order chi connectivity index (χ0) is 11.4. The van der Waals surface area contributed by atoms with Crippen LogP contribution in [0.4, 0.5) is 4.39 Å². The number of phenolic OH excluding ortho intramolecular Hbond substituents is 1. The lowest BCUT2D eigenvalue weighted by Gasteiger charge is -2.13. The summed E-state index contributed by atoms with van der Waals surface area (Å²) in [6.45, 7) is 0.198. The van der Waals surface area contributed by atoms with E-state index in [1.165, 1.54) is 13.2 Å². The Kier molecular flexibility index (Phi) is 3.88. The van der Waals surface area contributed by atoms with Gasteiger partial charge in [0.1, 0.15) is 5.75 Å². The van der Waals surface area contributed by atoms with Gasteiger partial charge in [-0.25, -0.2) is 4.39 Å². The predicted molar refractivity (Wildman–Crippen MR) is 53.5 cm³/mol. The molecule has 1 atom stereocenters. The monoisotopic (exact) mass is 215 g/mol. The smallest absolute Gasteiger partial charge is 0.170 e. The molecule has 0 aromatic heterocycles. The normalized spacial score (nSPS) is 12.5. The van der Waals surface area contributed by atoms with Crippen molar-refractivity contribution in [3.8, 4) is 11.5 Å². The molecule has 0 spiro atoms. The van der Waals surface area contributed by atoms with Gasteiger partial charge < -0.3 is 20.3 Å². The Balaban J connectivity index is 3.09. The maximum atomic E-state index is 13.4. The Morgan fingerprint density at radius 3 is 2.73 bits per heavy atom. The molecule has 84 valence electrons. The number of rotatable bonds is 4. The summed E-state index contributed by atoms with van der Waals surface area (Å²) >= 11 is 0. The number of benzene rings is 1. The van der Waals surface area contributed by atoms with Crippen molar-refractivity contribution in [1.82, 2.24) is 5.32 Å². The van der Waals surface area contributed by atoms with E-state index >= 15 is 0 Å². The van der Waals surface area contributed by atoms with Gasteiger partial charge in [0, 0.05) is 18.2 Å². The van der Waals surface area contributed by atoms with E-state index in [2.05, 4.69) is 5.32 Å². The van der Waals surface area contributed by atoms with Gasteiger partial charge in [0.15, 0.2) is 11.6 Å². The van der Waals surface area contributed by atoms with Crippen molar-refractivity contribution in [3.05, 3.63) is 23.5 Å². The lowest BCUT2D eigenvalue weighted by molar-refractivity contribution is 0.171. The molecule has 3 N–H and O–H groups in total.